The van der Waals surface area contributed by atoms with E-state index in [9.17, 15) is 9.59 Å². The van der Waals surface area contributed by atoms with Gasteiger partial charge in [-0.1, -0.05) is 0 Å². The Balaban J connectivity index is 1.79. The topological polar surface area (TPSA) is 77.7 Å². The number of carbonyl (C=O) groups excluding carboxylic acids is 2. The van der Waals surface area contributed by atoms with Gasteiger partial charge >= 0.3 is 5.97 Å². The summed E-state index contributed by atoms with van der Waals surface area (Å²) >= 11 is 0. The van der Waals surface area contributed by atoms with Gasteiger partial charge in [-0.15, -0.1) is 0 Å². The molecule has 0 atom stereocenters. The van der Waals surface area contributed by atoms with Crippen molar-refractivity contribution in [1.82, 2.24) is 20.1 Å². The van der Waals surface area contributed by atoms with Gasteiger partial charge in [0.05, 0.1) is 18.6 Å². The predicted octanol–water partition coefficient (Wildman–Crippen LogP) is 0.406. The van der Waals surface area contributed by atoms with E-state index in [0.29, 0.717) is 24.4 Å². The first-order valence-electron chi connectivity index (χ1n) is 8.52. The van der Waals surface area contributed by atoms with E-state index in [4.69, 9.17) is 4.74 Å². The molecule has 2 N–H and O–H groups in total. The van der Waals surface area contributed by atoms with Crippen LogP contribution in [-0.2, 0) is 16.0 Å². The van der Waals surface area contributed by atoms with Crippen LogP contribution < -0.4 is 5.32 Å². The van der Waals surface area contributed by atoms with E-state index in [1.807, 2.05) is 6.92 Å². The minimum absolute atomic E-state index is 0.0866. The molecule has 1 saturated heterocycles. The summed E-state index contributed by atoms with van der Waals surface area (Å²) in [7, 11) is 2.12. The number of rotatable bonds is 7. The lowest BCUT2D eigenvalue weighted by Gasteiger charge is -2.32. The van der Waals surface area contributed by atoms with E-state index in [1.54, 1.807) is 13.1 Å². The first kappa shape index (κ1) is 18.5. The molecule has 0 saturated carbocycles. The van der Waals surface area contributed by atoms with Crippen LogP contribution in [0.25, 0.3) is 0 Å². The molecule has 0 aliphatic carbocycles. The number of piperazine rings is 1. The molecule has 134 valence electrons. The van der Waals surface area contributed by atoms with Gasteiger partial charge in [-0.2, -0.15) is 0 Å². The molecule has 0 aromatic carbocycles. The molecule has 1 aliphatic heterocycles. The van der Waals surface area contributed by atoms with E-state index in [2.05, 4.69) is 27.1 Å². The molecule has 0 spiro atoms. The molecule has 1 aliphatic rings. The van der Waals surface area contributed by atoms with Crippen molar-refractivity contribution in [2.75, 3.05) is 52.9 Å². The Morgan fingerprint density at radius 1 is 1.29 bits per heavy atom. The van der Waals surface area contributed by atoms with Gasteiger partial charge in [-0.25, -0.2) is 4.79 Å². The third-order valence-electron chi connectivity index (χ3n) is 4.32. The lowest BCUT2D eigenvalue weighted by Crippen LogP contribution is -2.47. The smallest absolute Gasteiger partial charge is 0.340 e. The van der Waals surface area contributed by atoms with Gasteiger partial charge in [-0.05, 0) is 26.5 Å². The average Bonchev–Trinajstić information content (AvgIpc) is 2.90. The van der Waals surface area contributed by atoms with Gasteiger partial charge in [0, 0.05) is 51.2 Å². The van der Waals surface area contributed by atoms with Crippen molar-refractivity contribution in [3.05, 3.63) is 23.0 Å². The van der Waals surface area contributed by atoms with Gasteiger partial charge in [0.15, 0.2) is 0 Å². The Hall–Kier alpha value is -1.86. The molecular weight excluding hydrogens is 308 g/mol. The monoisotopic (exact) mass is 336 g/mol. The molecule has 24 heavy (non-hydrogen) atoms. The maximum atomic E-state index is 12.1. The quantitative estimate of drug-likeness (QED) is 0.705. The minimum Gasteiger partial charge on any atom is -0.462 e. The standard InChI is InChI=1S/C17H28N4O3/c1-4-24-17(23)16-13(2)12-19-14(16)11-15(22)18-5-6-21-9-7-20(3)8-10-21/h12,19H,4-11H2,1-3H3,(H,18,22). The van der Waals surface area contributed by atoms with Crippen LogP contribution in [0.1, 0.15) is 28.5 Å². The van der Waals surface area contributed by atoms with Crippen LogP contribution in [0, 0.1) is 6.92 Å². The molecule has 1 aromatic rings. The van der Waals surface area contributed by atoms with Crippen molar-refractivity contribution >= 4 is 11.9 Å². The summed E-state index contributed by atoms with van der Waals surface area (Å²) in [5.41, 5.74) is 1.89. The summed E-state index contributed by atoms with van der Waals surface area (Å²) < 4.78 is 5.06. The Morgan fingerprint density at radius 2 is 2.00 bits per heavy atom. The van der Waals surface area contributed by atoms with E-state index in [1.165, 1.54) is 0 Å². The van der Waals surface area contributed by atoms with Gasteiger partial charge in [0.2, 0.25) is 5.91 Å². The van der Waals surface area contributed by atoms with Crippen molar-refractivity contribution in [1.29, 1.82) is 0 Å². The zero-order valence-electron chi connectivity index (χ0n) is 14.9. The highest BCUT2D eigenvalue weighted by atomic mass is 16.5. The van der Waals surface area contributed by atoms with E-state index < -0.39 is 0 Å². The lowest BCUT2D eigenvalue weighted by atomic mass is 10.1. The van der Waals surface area contributed by atoms with E-state index in [0.717, 1.165) is 38.3 Å². The minimum atomic E-state index is -0.378. The molecule has 0 radical (unpaired) electrons. The summed E-state index contributed by atoms with van der Waals surface area (Å²) in [6.45, 7) is 9.61. The molecule has 1 aromatic heterocycles. The van der Waals surface area contributed by atoms with Crippen molar-refractivity contribution in [2.24, 2.45) is 0 Å². The van der Waals surface area contributed by atoms with Crippen molar-refractivity contribution in [3.63, 3.8) is 0 Å². The zero-order chi connectivity index (χ0) is 17.5. The summed E-state index contributed by atoms with van der Waals surface area (Å²) in [5.74, 6) is -0.465. The predicted molar refractivity (Wildman–Crippen MR) is 92.1 cm³/mol. The molecule has 7 heteroatoms. The third-order valence-corrected chi connectivity index (χ3v) is 4.32. The Kier molecular flexibility index (Phi) is 6.81. The number of esters is 1. The number of hydrogen-bond acceptors (Lipinski definition) is 5. The van der Waals surface area contributed by atoms with Crippen LogP contribution in [0.4, 0.5) is 0 Å². The highest BCUT2D eigenvalue weighted by Gasteiger charge is 2.19. The maximum Gasteiger partial charge on any atom is 0.340 e. The lowest BCUT2D eigenvalue weighted by molar-refractivity contribution is -0.120. The molecule has 0 unspecified atom stereocenters. The second-order valence-corrected chi connectivity index (χ2v) is 6.22. The van der Waals surface area contributed by atoms with Gasteiger partial charge in [0.1, 0.15) is 0 Å². The molecule has 2 heterocycles. The fourth-order valence-electron chi connectivity index (χ4n) is 2.85. The maximum absolute atomic E-state index is 12.1. The fraction of sp³-hybridized carbons (Fsp3) is 0.647. The van der Waals surface area contributed by atoms with Gasteiger partial charge in [-0.3, -0.25) is 9.69 Å². The molecule has 1 amide bonds. The Morgan fingerprint density at radius 3 is 2.67 bits per heavy atom. The molecular formula is C17H28N4O3. The summed E-state index contributed by atoms with van der Waals surface area (Å²) in [6.07, 6.45) is 1.89. The number of aromatic nitrogens is 1. The van der Waals surface area contributed by atoms with Crippen LogP contribution in [0.15, 0.2) is 6.20 Å². The number of likely N-dealkylation sites (N-methyl/N-ethyl adjacent to an activating group) is 1. The number of nitrogens with zero attached hydrogens (tertiary/aromatic N) is 2. The third kappa shape index (κ3) is 5.07. The highest BCUT2D eigenvalue weighted by molar-refractivity contribution is 5.94. The van der Waals surface area contributed by atoms with E-state index in [-0.39, 0.29) is 18.3 Å². The van der Waals surface area contributed by atoms with Crippen molar-refractivity contribution in [2.45, 2.75) is 20.3 Å². The average molecular weight is 336 g/mol. The Labute approximate surface area is 143 Å². The summed E-state index contributed by atoms with van der Waals surface area (Å²) in [5, 5.41) is 2.93. The number of nitrogens with one attached hydrogen (secondary N) is 2. The van der Waals surface area contributed by atoms with Crippen molar-refractivity contribution in [3.8, 4) is 0 Å². The number of carbonyl (C=O) groups is 2. The number of hydrogen-bond donors (Lipinski definition) is 2. The number of aryl methyl sites for hydroxylation is 1. The number of ether oxygens (including phenoxy) is 1. The van der Waals surface area contributed by atoms with Crippen LogP contribution >= 0.6 is 0 Å². The summed E-state index contributed by atoms with van der Waals surface area (Å²) in [4.78, 5) is 31.8. The van der Waals surface area contributed by atoms with Crippen LogP contribution in [0.3, 0.4) is 0 Å². The van der Waals surface area contributed by atoms with Gasteiger partial charge in [0.25, 0.3) is 0 Å². The van der Waals surface area contributed by atoms with Crippen LogP contribution in [0.2, 0.25) is 0 Å². The second-order valence-electron chi connectivity index (χ2n) is 6.22. The van der Waals surface area contributed by atoms with Crippen molar-refractivity contribution < 1.29 is 14.3 Å². The van der Waals surface area contributed by atoms with Crippen LogP contribution in [-0.4, -0.2) is 79.6 Å². The number of amides is 1. The first-order chi connectivity index (χ1) is 11.5. The SMILES string of the molecule is CCOC(=O)c1c(C)c[nH]c1CC(=O)NCCN1CCN(C)CC1. The van der Waals surface area contributed by atoms with Crippen LogP contribution in [0.5, 0.6) is 0 Å². The molecule has 2 rings (SSSR count). The van der Waals surface area contributed by atoms with Gasteiger partial charge < -0.3 is 19.9 Å². The second kappa shape index (κ2) is 8.84. The normalized spacial score (nSPS) is 16.1. The number of H-pyrrole nitrogens is 1. The summed E-state index contributed by atoms with van der Waals surface area (Å²) in [6, 6.07) is 0. The van der Waals surface area contributed by atoms with E-state index >= 15 is 0 Å². The zero-order valence-corrected chi connectivity index (χ0v) is 14.9. The molecule has 0 bridgehead atoms. The fourth-order valence-corrected chi connectivity index (χ4v) is 2.85. The highest BCUT2D eigenvalue weighted by Crippen LogP contribution is 2.15. The first-order valence-corrected chi connectivity index (χ1v) is 8.52. The molecule has 7 nitrogen and oxygen atoms in total. The molecule has 1 fully saturated rings. The Bertz CT molecular complexity index is 562. The number of aromatic amines is 1. The largest absolute Gasteiger partial charge is 0.462 e.